The molecule has 1 amide bonds. The van der Waals surface area contributed by atoms with Gasteiger partial charge in [-0.3, -0.25) is 4.79 Å². The molecule has 0 aliphatic heterocycles. The molecule has 0 radical (unpaired) electrons. The van der Waals surface area contributed by atoms with Crippen molar-refractivity contribution in [3.05, 3.63) is 95.6 Å². The lowest BCUT2D eigenvalue weighted by Gasteiger charge is -2.27. The summed E-state index contributed by atoms with van der Waals surface area (Å²) in [6.45, 7) is 6.87. The minimum Gasteiger partial charge on any atom is -0.469 e. The van der Waals surface area contributed by atoms with Crippen LogP contribution >= 0.6 is 0 Å². The molecular weight excluding hydrogens is 526 g/mol. The van der Waals surface area contributed by atoms with Crippen LogP contribution in [0.15, 0.2) is 83.8 Å². The molecule has 1 atom stereocenters. The van der Waals surface area contributed by atoms with Gasteiger partial charge in [-0.1, -0.05) is 65.9 Å². The first kappa shape index (κ1) is 30.5. The molecule has 0 aliphatic rings. The number of hydrogen-bond acceptors (Lipinski definition) is 6. The zero-order valence-electron chi connectivity index (χ0n) is 23.5. The maximum atomic E-state index is 13.7. The van der Waals surface area contributed by atoms with Crippen LogP contribution in [0.4, 0.5) is 10.5 Å². The van der Waals surface area contributed by atoms with Gasteiger partial charge in [-0.05, 0) is 76.4 Å². The summed E-state index contributed by atoms with van der Waals surface area (Å²) in [4.78, 5) is 25.3. The van der Waals surface area contributed by atoms with E-state index in [-0.39, 0.29) is 23.0 Å². The van der Waals surface area contributed by atoms with E-state index in [2.05, 4.69) is 11.8 Å². The maximum Gasteiger partial charge on any atom is 0.429 e. The molecule has 3 rings (SSSR count). The zero-order valence-corrected chi connectivity index (χ0v) is 24.3. The Hall–Kier alpha value is -4.09. The third-order valence-electron chi connectivity index (χ3n) is 5.94. The second-order valence-electron chi connectivity index (χ2n) is 10.4. The van der Waals surface area contributed by atoms with Crippen LogP contribution in [0.2, 0.25) is 0 Å². The van der Waals surface area contributed by atoms with E-state index in [0.29, 0.717) is 22.7 Å². The second-order valence-corrected chi connectivity index (χ2v) is 12.2. The Morgan fingerprint density at radius 3 is 2.25 bits per heavy atom. The number of amides is 1. The average molecular weight is 562 g/mol. The molecule has 0 saturated carbocycles. The third kappa shape index (κ3) is 8.45. The van der Waals surface area contributed by atoms with Gasteiger partial charge in [0.2, 0.25) is 0 Å². The van der Waals surface area contributed by atoms with E-state index in [1.807, 2.05) is 37.3 Å². The van der Waals surface area contributed by atoms with Crippen LogP contribution in [0.1, 0.15) is 50.3 Å². The van der Waals surface area contributed by atoms with Gasteiger partial charge in [-0.2, -0.15) is 4.31 Å². The lowest BCUT2D eigenvalue weighted by Crippen LogP contribution is -2.41. The van der Waals surface area contributed by atoms with Crippen molar-refractivity contribution in [1.29, 1.82) is 0 Å². The number of methoxy groups -OCH3 is 1. The van der Waals surface area contributed by atoms with Crippen molar-refractivity contribution in [3.63, 3.8) is 0 Å². The first-order valence-corrected chi connectivity index (χ1v) is 14.4. The van der Waals surface area contributed by atoms with E-state index in [0.717, 1.165) is 11.1 Å². The Morgan fingerprint density at radius 1 is 0.950 bits per heavy atom. The van der Waals surface area contributed by atoms with E-state index >= 15 is 0 Å². The second kappa shape index (κ2) is 13.3. The number of sulfonamides is 1. The predicted octanol–water partition coefficient (Wildman–Crippen LogP) is 6.29. The van der Waals surface area contributed by atoms with E-state index < -0.39 is 27.6 Å². The van der Waals surface area contributed by atoms with Crippen molar-refractivity contribution < 1.29 is 27.5 Å². The molecule has 1 unspecified atom stereocenters. The van der Waals surface area contributed by atoms with Crippen LogP contribution in [0, 0.1) is 24.7 Å². The summed E-state index contributed by atoms with van der Waals surface area (Å²) in [6.07, 6.45) is 0.521. The number of benzene rings is 3. The molecule has 8 heteroatoms. The molecule has 3 aromatic rings. The number of carbonyl (C=O) groups excluding carboxylic acids is 2. The Labute approximate surface area is 237 Å². The number of carbonyl (C=O) groups is 2. The third-order valence-corrected chi connectivity index (χ3v) is 7.63. The lowest BCUT2D eigenvalue weighted by molar-refractivity contribution is -0.145. The Balaban J connectivity index is 1.86. The quantitative estimate of drug-likeness (QED) is 0.237. The molecule has 0 aliphatic carbocycles. The average Bonchev–Trinajstić information content (AvgIpc) is 2.91. The highest BCUT2D eigenvalue weighted by molar-refractivity contribution is 7.93. The van der Waals surface area contributed by atoms with Gasteiger partial charge in [0, 0.05) is 12.0 Å². The summed E-state index contributed by atoms with van der Waals surface area (Å²) in [5.74, 6) is 5.20. The largest absolute Gasteiger partial charge is 0.469 e. The maximum absolute atomic E-state index is 13.7. The topological polar surface area (TPSA) is 90.0 Å². The summed E-state index contributed by atoms with van der Waals surface area (Å²) in [7, 11) is -2.99. The summed E-state index contributed by atoms with van der Waals surface area (Å²) in [5, 5.41) is 0. The van der Waals surface area contributed by atoms with Crippen molar-refractivity contribution in [2.75, 3.05) is 11.4 Å². The van der Waals surface area contributed by atoms with Crippen molar-refractivity contribution in [2.45, 2.75) is 57.5 Å². The Bertz CT molecular complexity index is 1480. The van der Waals surface area contributed by atoms with Gasteiger partial charge in [0.05, 0.1) is 23.6 Å². The standard InChI is InChI=1S/C32H35NO6S/c1-24-17-21-28(22-18-24)33(31(35)39-32(2,3)4)40(36,37)29-16-10-14-26(23-29)13-9-15-27(30(34)38-5)20-19-25-11-7-6-8-12-25/h6-8,10-12,14,16-18,21-23,27H,15,19-20H2,1-5H3. The number of ether oxygens (including phenoxy) is 2. The van der Waals surface area contributed by atoms with E-state index in [1.54, 1.807) is 57.2 Å². The normalized spacial score (nSPS) is 12.0. The smallest absolute Gasteiger partial charge is 0.429 e. The molecule has 40 heavy (non-hydrogen) atoms. The molecule has 210 valence electrons. The van der Waals surface area contributed by atoms with Crippen LogP contribution in [0.3, 0.4) is 0 Å². The van der Waals surface area contributed by atoms with E-state index in [4.69, 9.17) is 9.47 Å². The van der Waals surface area contributed by atoms with Crippen LogP contribution < -0.4 is 4.31 Å². The van der Waals surface area contributed by atoms with Crippen LogP contribution in [-0.2, 0) is 30.7 Å². The van der Waals surface area contributed by atoms with Gasteiger partial charge in [0.1, 0.15) is 5.60 Å². The van der Waals surface area contributed by atoms with Gasteiger partial charge >= 0.3 is 12.1 Å². The van der Waals surface area contributed by atoms with Gasteiger partial charge in [0.15, 0.2) is 0 Å². The molecule has 3 aromatic carbocycles. The van der Waals surface area contributed by atoms with Crippen LogP contribution in [0.5, 0.6) is 0 Å². The highest BCUT2D eigenvalue weighted by atomic mass is 32.2. The molecule has 0 spiro atoms. The number of anilines is 1. The van der Waals surface area contributed by atoms with Crippen LogP contribution in [0.25, 0.3) is 0 Å². The highest BCUT2D eigenvalue weighted by Crippen LogP contribution is 2.27. The fraction of sp³-hybridized carbons (Fsp3) is 0.312. The minimum atomic E-state index is -4.34. The first-order chi connectivity index (χ1) is 18.9. The van der Waals surface area contributed by atoms with Crippen molar-refractivity contribution in [3.8, 4) is 11.8 Å². The molecule has 0 bridgehead atoms. The fourth-order valence-corrected chi connectivity index (χ4v) is 5.27. The van der Waals surface area contributed by atoms with E-state index in [1.165, 1.54) is 19.2 Å². The molecule has 0 saturated heterocycles. The SMILES string of the molecule is COC(=O)C(CC#Cc1cccc(S(=O)(=O)N(C(=O)OC(C)(C)C)c2ccc(C)cc2)c1)CCc1ccccc1. The first-order valence-electron chi connectivity index (χ1n) is 13.0. The summed E-state index contributed by atoms with van der Waals surface area (Å²) in [6, 6.07) is 22.5. The molecule has 0 N–H and O–H groups in total. The fourth-order valence-electron chi connectivity index (χ4n) is 3.90. The predicted molar refractivity (Wildman–Crippen MR) is 155 cm³/mol. The monoisotopic (exact) mass is 561 g/mol. The van der Waals surface area contributed by atoms with E-state index in [9.17, 15) is 18.0 Å². The summed E-state index contributed by atoms with van der Waals surface area (Å²) >= 11 is 0. The van der Waals surface area contributed by atoms with Gasteiger partial charge in [0.25, 0.3) is 10.0 Å². The van der Waals surface area contributed by atoms with Crippen molar-refractivity contribution in [1.82, 2.24) is 0 Å². The van der Waals surface area contributed by atoms with Gasteiger partial charge in [-0.15, -0.1) is 0 Å². The van der Waals surface area contributed by atoms with Gasteiger partial charge in [-0.25, -0.2) is 13.2 Å². The molecule has 0 fully saturated rings. The molecule has 0 heterocycles. The number of rotatable bonds is 8. The number of nitrogens with zero attached hydrogens (tertiary/aromatic N) is 1. The van der Waals surface area contributed by atoms with Crippen molar-refractivity contribution >= 4 is 27.8 Å². The van der Waals surface area contributed by atoms with Gasteiger partial charge < -0.3 is 9.47 Å². The summed E-state index contributed by atoms with van der Waals surface area (Å²) in [5.41, 5.74) is 1.72. The highest BCUT2D eigenvalue weighted by Gasteiger charge is 2.34. The van der Waals surface area contributed by atoms with Crippen LogP contribution in [-0.4, -0.2) is 33.2 Å². The van der Waals surface area contributed by atoms with Crippen molar-refractivity contribution in [2.24, 2.45) is 5.92 Å². The Kier molecular flexibility index (Phi) is 10.1. The summed E-state index contributed by atoms with van der Waals surface area (Å²) < 4.78 is 38.6. The lowest BCUT2D eigenvalue weighted by atomic mass is 9.96. The molecule has 7 nitrogen and oxygen atoms in total. The minimum absolute atomic E-state index is 0.112. The molecule has 0 aromatic heterocycles. The molecular formula is C32H35NO6S. The Morgan fingerprint density at radius 2 is 1.62 bits per heavy atom. The number of aryl methyl sites for hydroxylation is 2. The zero-order chi connectivity index (χ0) is 29.3. The number of hydrogen-bond donors (Lipinski definition) is 0. The number of esters is 1.